The van der Waals surface area contributed by atoms with Gasteiger partial charge in [-0.2, -0.15) is 5.10 Å². The predicted octanol–water partition coefficient (Wildman–Crippen LogP) is 7.28. The molecule has 5 unspecified atom stereocenters. The molecule has 2 heterocycles. The maximum atomic E-state index is 12.2. The van der Waals surface area contributed by atoms with Gasteiger partial charge in [0.1, 0.15) is 5.69 Å². The van der Waals surface area contributed by atoms with Crippen molar-refractivity contribution in [1.82, 2.24) is 9.78 Å². The molecule has 2 saturated carbocycles. The third-order valence-corrected chi connectivity index (χ3v) is 10.7. The van der Waals surface area contributed by atoms with Gasteiger partial charge in [0.25, 0.3) is 0 Å². The number of aryl methyl sites for hydroxylation is 1. The van der Waals surface area contributed by atoms with Crippen molar-refractivity contribution >= 4 is 27.5 Å². The summed E-state index contributed by atoms with van der Waals surface area (Å²) in [7, 11) is 0. The molecule has 4 aromatic rings. The van der Waals surface area contributed by atoms with Crippen molar-refractivity contribution in [3.63, 3.8) is 0 Å². The van der Waals surface area contributed by atoms with Gasteiger partial charge in [-0.1, -0.05) is 92.9 Å². The van der Waals surface area contributed by atoms with Crippen molar-refractivity contribution in [2.45, 2.75) is 63.6 Å². The zero-order valence-corrected chi connectivity index (χ0v) is 25.6. The average molecular weight is 582 g/mol. The maximum absolute atomic E-state index is 12.2. The first-order valence-electron chi connectivity index (χ1n) is 14.7. The Morgan fingerprint density at radius 2 is 1.76 bits per heavy atom. The number of aromatic nitrogens is 2. The van der Waals surface area contributed by atoms with Crippen molar-refractivity contribution in [1.29, 1.82) is 0 Å². The zero-order valence-electron chi connectivity index (χ0n) is 23.7. The monoisotopic (exact) mass is 581 g/mol. The largest absolute Gasteiger partial charge is 0.775 e. The number of aliphatic hydroxyl groups is 1. The van der Waals surface area contributed by atoms with Crippen molar-refractivity contribution < 1.29 is 12.7 Å². The molecule has 1 aliphatic heterocycles. The van der Waals surface area contributed by atoms with Gasteiger partial charge in [0.2, 0.25) is 0 Å². The Kier molecular flexibility index (Phi) is 7.05. The Morgan fingerprint density at radius 1 is 1.05 bits per heavy atom. The van der Waals surface area contributed by atoms with Crippen molar-refractivity contribution in [2.24, 2.45) is 17.8 Å². The fourth-order valence-corrected chi connectivity index (χ4v) is 8.38. The molecule has 2 aliphatic carbocycles. The highest BCUT2D eigenvalue weighted by molar-refractivity contribution is 6.30. The van der Waals surface area contributed by atoms with E-state index in [1.807, 2.05) is 59.3 Å². The Balaban J connectivity index is 1.32. The lowest BCUT2D eigenvalue weighted by molar-refractivity contribution is -0.140. The van der Waals surface area contributed by atoms with Gasteiger partial charge in [0.15, 0.2) is 5.88 Å². The minimum absolute atomic E-state index is 0.0141. The highest BCUT2D eigenvalue weighted by atomic mass is 35.5. The van der Waals surface area contributed by atoms with Crippen LogP contribution in [-0.4, -0.2) is 43.0 Å². The van der Waals surface area contributed by atoms with Gasteiger partial charge in [-0.25, -0.2) is 4.68 Å². The van der Waals surface area contributed by atoms with Crippen LogP contribution in [0.1, 0.15) is 55.7 Å². The molecule has 1 radical (unpaired) electrons. The summed E-state index contributed by atoms with van der Waals surface area (Å²) in [5.74, 6) is 1.40. The summed E-state index contributed by atoms with van der Waals surface area (Å²) < 4.78 is 14.9. The summed E-state index contributed by atoms with van der Waals surface area (Å²) in [6, 6.07) is 26.5. The summed E-state index contributed by atoms with van der Waals surface area (Å²) in [4.78, 5) is 0. The van der Waals surface area contributed by atoms with E-state index in [0.717, 1.165) is 34.0 Å². The SMILES string of the molecule is Cc1ccc(Cl)cc1C(C)(C)C(CC1CC1)C1C(O)C2c3c(-c4ccccc4)nn(-c4ccccc4)c3[O][Al][O]C21. The second-order valence-corrected chi connectivity index (χ2v) is 13.7. The van der Waals surface area contributed by atoms with Crippen LogP contribution in [0.2, 0.25) is 5.02 Å². The molecule has 2 fully saturated rings. The molecule has 0 bridgehead atoms. The first-order valence-corrected chi connectivity index (χ1v) is 16.0. The molecule has 3 aliphatic rings. The van der Waals surface area contributed by atoms with Crippen LogP contribution >= 0.6 is 11.6 Å². The first-order chi connectivity index (χ1) is 19.8. The minimum Gasteiger partial charge on any atom is -0.612 e. The van der Waals surface area contributed by atoms with E-state index in [4.69, 9.17) is 24.3 Å². The van der Waals surface area contributed by atoms with Crippen molar-refractivity contribution in [3.8, 4) is 22.8 Å². The Hall–Kier alpha value is -2.59. The molecule has 209 valence electrons. The van der Waals surface area contributed by atoms with E-state index in [1.54, 1.807) is 0 Å². The summed E-state index contributed by atoms with van der Waals surface area (Å²) >= 11 is 5.75. The van der Waals surface area contributed by atoms with E-state index < -0.39 is 22.0 Å². The second-order valence-electron chi connectivity index (χ2n) is 12.6. The molecule has 5 atom stereocenters. The molecular formula is C34H35AlClN2O3. The molecule has 1 aromatic heterocycles. The molecule has 0 amide bonds. The van der Waals surface area contributed by atoms with Crippen LogP contribution in [0.4, 0.5) is 0 Å². The van der Waals surface area contributed by atoms with Crippen molar-refractivity contribution in [3.05, 3.63) is 101 Å². The summed E-state index contributed by atoms with van der Waals surface area (Å²) in [5, 5.41) is 18.0. The van der Waals surface area contributed by atoms with E-state index >= 15 is 0 Å². The number of para-hydroxylation sites is 1. The number of halogens is 1. The Morgan fingerprint density at radius 3 is 2.46 bits per heavy atom. The molecule has 0 spiro atoms. The van der Waals surface area contributed by atoms with Gasteiger partial charge in [-0.05, 0) is 66.0 Å². The minimum atomic E-state index is -0.772. The molecular weight excluding hydrogens is 547 g/mol. The lowest BCUT2D eigenvalue weighted by Crippen LogP contribution is -2.60. The summed E-state index contributed by atoms with van der Waals surface area (Å²) in [5.41, 5.74) is 6.05. The average Bonchev–Trinajstić information content (AvgIpc) is 3.76. The molecule has 41 heavy (non-hydrogen) atoms. The Labute approximate surface area is 253 Å². The zero-order chi connectivity index (χ0) is 28.3. The van der Waals surface area contributed by atoms with Gasteiger partial charge < -0.3 is 12.7 Å². The number of nitrogens with zero attached hydrogens (tertiary/aromatic N) is 2. The van der Waals surface area contributed by atoms with E-state index in [0.29, 0.717) is 11.8 Å². The topological polar surface area (TPSA) is 56.5 Å². The van der Waals surface area contributed by atoms with E-state index in [-0.39, 0.29) is 29.3 Å². The molecule has 5 nitrogen and oxygen atoms in total. The number of benzene rings is 3. The number of hydrogen-bond acceptors (Lipinski definition) is 4. The van der Waals surface area contributed by atoms with Gasteiger partial charge in [-0.15, -0.1) is 0 Å². The van der Waals surface area contributed by atoms with E-state index in [9.17, 15) is 5.11 Å². The Bertz CT molecular complexity index is 1550. The maximum Gasteiger partial charge on any atom is 0.775 e. The van der Waals surface area contributed by atoms with Crippen LogP contribution < -0.4 is 3.79 Å². The van der Waals surface area contributed by atoms with Crippen LogP contribution in [0, 0.1) is 24.7 Å². The van der Waals surface area contributed by atoms with E-state index in [2.05, 4.69) is 45.0 Å². The quantitative estimate of drug-likeness (QED) is 0.233. The molecule has 7 heteroatoms. The normalized spacial score (nSPS) is 24.2. The highest BCUT2D eigenvalue weighted by Gasteiger charge is 2.60. The van der Waals surface area contributed by atoms with Crippen LogP contribution in [0.5, 0.6) is 5.88 Å². The lowest BCUT2D eigenvalue weighted by atomic mass is 9.53. The van der Waals surface area contributed by atoms with Gasteiger partial charge in [0, 0.05) is 34.1 Å². The molecule has 7 rings (SSSR count). The van der Waals surface area contributed by atoms with E-state index in [1.165, 1.54) is 24.0 Å². The van der Waals surface area contributed by atoms with Crippen LogP contribution in [0.15, 0.2) is 78.9 Å². The smallest absolute Gasteiger partial charge is 0.612 e. The fourth-order valence-electron chi connectivity index (χ4n) is 7.35. The summed E-state index contributed by atoms with van der Waals surface area (Å²) in [6.45, 7) is 6.82. The fraction of sp³-hybridized carbons (Fsp3) is 0.382. The molecule has 3 aromatic carbocycles. The summed E-state index contributed by atoms with van der Waals surface area (Å²) in [6.07, 6.45) is 2.89. The lowest BCUT2D eigenvalue weighted by Gasteiger charge is -2.56. The third-order valence-electron chi connectivity index (χ3n) is 9.70. The second kappa shape index (κ2) is 10.6. The number of aliphatic hydroxyl groups excluding tert-OH is 1. The predicted molar refractivity (Wildman–Crippen MR) is 163 cm³/mol. The van der Waals surface area contributed by atoms with Gasteiger partial charge in [0.05, 0.1) is 11.8 Å². The third kappa shape index (κ3) is 4.75. The van der Waals surface area contributed by atoms with Gasteiger partial charge in [-0.3, -0.25) is 0 Å². The van der Waals surface area contributed by atoms with Crippen LogP contribution in [-0.2, 0) is 9.20 Å². The first kappa shape index (κ1) is 27.3. The standard InChI is InChI=1S/C34H36ClN2O3.Al/c1-20-14-17-23(35)19-25(20)34(2,3)26(18-21-15-16-21)27-31(38)29(32(27)39)28-30(22-10-6-4-7-11-22)36-37(33(28)40)24-12-8-5-9-13-24;/h4-14,17,19,21,26-27,29,31-32,38,40H,15-16,18H2,1-3H3;/q-1;+2/p-1. The number of rotatable bonds is 7. The number of fused-ring (bicyclic) bond motifs is 3. The van der Waals surface area contributed by atoms with Gasteiger partial charge >= 0.3 is 15.9 Å². The molecule has 0 saturated heterocycles. The van der Waals surface area contributed by atoms with Crippen LogP contribution in [0.25, 0.3) is 16.9 Å². The van der Waals surface area contributed by atoms with Crippen molar-refractivity contribution in [2.75, 3.05) is 0 Å². The highest BCUT2D eigenvalue weighted by Crippen LogP contribution is 2.59. The van der Waals surface area contributed by atoms with Crippen LogP contribution in [0.3, 0.4) is 0 Å². The molecule has 1 N–H and O–H groups in total. The number of hydrogen-bond donors (Lipinski definition) is 1.